The minimum absolute atomic E-state index is 0. The number of hydrogen-bond donors (Lipinski definition) is 1. The molecule has 2 N–H and O–H groups in total. The van der Waals surface area contributed by atoms with Gasteiger partial charge in [0.2, 0.25) is 0 Å². The summed E-state index contributed by atoms with van der Waals surface area (Å²) >= 11 is 0. The lowest BCUT2D eigenvalue weighted by atomic mass is 9.56. The zero-order chi connectivity index (χ0) is 14.2. The van der Waals surface area contributed by atoms with E-state index in [1.54, 1.807) is 0 Å². The van der Waals surface area contributed by atoms with Gasteiger partial charge in [-0.05, 0) is 37.5 Å². The first-order chi connectivity index (χ1) is 9.14. The van der Waals surface area contributed by atoms with Crippen LogP contribution < -0.4 is 5.73 Å². The van der Waals surface area contributed by atoms with Gasteiger partial charge in [0, 0.05) is 5.54 Å². The van der Waals surface area contributed by atoms with E-state index in [0.29, 0.717) is 5.41 Å². The van der Waals surface area contributed by atoms with Crippen LogP contribution in [0.2, 0.25) is 0 Å². The van der Waals surface area contributed by atoms with Crippen molar-refractivity contribution in [2.24, 2.45) is 11.1 Å². The van der Waals surface area contributed by atoms with Gasteiger partial charge in [-0.3, -0.25) is 0 Å². The van der Waals surface area contributed by atoms with E-state index < -0.39 is 0 Å². The first kappa shape index (κ1) is 20.4. The van der Waals surface area contributed by atoms with E-state index in [9.17, 15) is 0 Å². The highest BCUT2D eigenvalue weighted by Gasteiger charge is 2.48. The first-order valence-electron chi connectivity index (χ1n) is 8.93. The monoisotopic (exact) mass is 347 g/mol. The molecule has 1 aliphatic carbocycles. The van der Waals surface area contributed by atoms with E-state index in [1.807, 2.05) is 0 Å². The maximum absolute atomic E-state index is 7.01. The van der Waals surface area contributed by atoms with Crippen LogP contribution in [0.25, 0.3) is 0 Å². The molecule has 20 heavy (non-hydrogen) atoms. The topological polar surface area (TPSA) is 26.0 Å². The fourth-order valence-electron chi connectivity index (χ4n) is 4.20. The minimum atomic E-state index is 0. The van der Waals surface area contributed by atoms with E-state index >= 15 is 0 Å². The van der Waals surface area contributed by atoms with Gasteiger partial charge in [0.1, 0.15) is 0 Å². The van der Waals surface area contributed by atoms with Gasteiger partial charge >= 0.3 is 0 Å². The Morgan fingerprint density at radius 1 is 0.750 bits per heavy atom. The number of unbranched alkanes of at least 4 members (excludes halogenated alkanes) is 3. The molecule has 0 aromatic rings. The molecule has 1 atom stereocenters. The van der Waals surface area contributed by atoms with Crippen molar-refractivity contribution >= 4 is 17.0 Å². The van der Waals surface area contributed by atoms with Crippen molar-refractivity contribution in [1.82, 2.24) is 0 Å². The minimum Gasteiger partial charge on any atom is -0.325 e. The van der Waals surface area contributed by atoms with Gasteiger partial charge in [-0.15, -0.1) is 17.0 Å². The van der Waals surface area contributed by atoms with Crippen LogP contribution in [0.3, 0.4) is 0 Å². The molecular formula is C18H38BrN. The smallest absolute Gasteiger partial charge is 0.0211 e. The van der Waals surface area contributed by atoms with Crippen molar-refractivity contribution in [3.63, 3.8) is 0 Å². The van der Waals surface area contributed by atoms with E-state index in [0.717, 1.165) is 0 Å². The summed E-state index contributed by atoms with van der Waals surface area (Å²) in [5, 5.41) is 0. The summed E-state index contributed by atoms with van der Waals surface area (Å²) < 4.78 is 0. The van der Waals surface area contributed by atoms with Gasteiger partial charge in [0.25, 0.3) is 0 Å². The van der Waals surface area contributed by atoms with Crippen molar-refractivity contribution < 1.29 is 0 Å². The average molecular weight is 348 g/mol. The van der Waals surface area contributed by atoms with E-state index in [1.165, 1.54) is 83.5 Å². The summed E-state index contributed by atoms with van der Waals surface area (Å²) in [6.07, 6.45) is 17.4. The van der Waals surface area contributed by atoms with Crippen molar-refractivity contribution in [3.8, 4) is 0 Å². The Labute approximate surface area is 138 Å². The molecule has 0 bridgehead atoms. The Balaban J connectivity index is 0.00000361. The summed E-state index contributed by atoms with van der Waals surface area (Å²) in [6, 6.07) is 0. The van der Waals surface area contributed by atoms with Gasteiger partial charge in [-0.2, -0.15) is 0 Å². The number of hydrogen-bond acceptors (Lipinski definition) is 1. The largest absolute Gasteiger partial charge is 0.325 e. The molecule has 0 radical (unpaired) electrons. The molecule has 0 aromatic heterocycles. The summed E-state index contributed by atoms with van der Waals surface area (Å²) in [5.41, 5.74) is 7.62. The second-order valence-electron chi connectivity index (χ2n) is 6.95. The molecular weight excluding hydrogens is 310 g/mol. The Morgan fingerprint density at radius 2 is 1.20 bits per heavy atom. The van der Waals surface area contributed by atoms with Crippen molar-refractivity contribution in [1.29, 1.82) is 0 Å². The predicted octanol–water partition coefficient (Wildman–Crippen LogP) is 6.39. The second kappa shape index (κ2) is 10.2. The van der Waals surface area contributed by atoms with Gasteiger partial charge in [0.05, 0.1) is 0 Å². The van der Waals surface area contributed by atoms with E-state index in [2.05, 4.69) is 20.8 Å². The molecule has 0 aromatic carbocycles. The molecule has 1 saturated carbocycles. The van der Waals surface area contributed by atoms with Crippen LogP contribution in [0.1, 0.15) is 104 Å². The molecule has 0 spiro atoms. The van der Waals surface area contributed by atoms with Crippen LogP contribution >= 0.6 is 17.0 Å². The summed E-state index contributed by atoms with van der Waals surface area (Å²) in [7, 11) is 0. The normalized spacial score (nSPS) is 25.2. The predicted molar refractivity (Wildman–Crippen MR) is 96.7 cm³/mol. The van der Waals surface area contributed by atoms with Gasteiger partial charge in [-0.25, -0.2) is 0 Å². The molecule has 2 heteroatoms. The molecule has 122 valence electrons. The number of rotatable bonds is 9. The Bertz CT molecular complexity index is 234. The molecule has 1 fully saturated rings. The van der Waals surface area contributed by atoms with Crippen LogP contribution in [-0.2, 0) is 0 Å². The molecule has 1 nitrogen and oxygen atoms in total. The fraction of sp³-hybridized carbons (Fsp3) is 1.00. The van der Waals surface area contributed by atoms with Crippen LogP contribution in [0.4, 0.5) is 0 Å². The number of nitrogens with two attached hydrogens (primary N) is 1. The second-order valence-corrected chi connectivity index (χ2v) is 6.95. The van der Waals surface area contributed by atoms with Gasteiger partial charge < -0.3 is 5.73 Å². The van der Waals surface area contributed by atoms with Crippen LogP contribution in [0.15, 0.2) is 0 Å². The lowest BCUT2D eigenvalue weighted by Crippen LogP contribution is -2.57. The lowest BCUT2D eigenvalue weighted by molar-refractivity contribution is 0.0287. The zero-order valence-electron chi connectivity index (χ0n) is 14.2. The SMILES string of the molecule is Br.CCCCC1(N)CCCCC1(CCCC)CCCC. The Hall–Kier alpha value is 0.440. The summed E-state index contributed by atoms with van der Waals surface area (Å²) in [4.78, 5) is 0. The summed E-state index contributed by atoms with van der Waals surface area (Å²) in [5.74, 6) is 0. The Kier molecular flexibility index (Phi) is 10.4. The maximum Gasteiger partial charge on any atom is 0.0211 e. The average Bonchev–Trinajstić information content (AvgIpc) is 2.43. The fourth-order valence-corrected chi connectivity index (χ4v) is 4.20. The molecule has 0 heterocycles. The van der Waals surface area contributed by atoms with Crippen LogP contribution in [-0.4, -0.2) is 5.54 Å². The molecule has 0 amide bonds. The van der Waals surface area contributed by atoms with Gasteiger partial charge in [-0.1, -0.05) is 72.1 Å². The number of halogens is 1. The van der Waals surface area contributed by atoms with E-state index in [4.69, 9.17) is 5.73 Å². The van der Waals surface area contributed by atoms with Crippen molar-refractivity contribution in [2.75, 3.05) is 0 Å². The van der Waals surface area contributed by atoms with Crippen LogP contribution in [0, 0.1) is 5.41 Å². The lowest BCUT2D eigenvalue weighted by Gasteiger charge is -2.53. The zero-order valence-corrected chi connectivity index (χ0v) is 15.9. The highest BCUT2D eigenvalue weighted by atomic mass is 79.9. The third-order valence-electron chi connectivity index (χ3n) is 5.58. The van der Waals surface area contributed by atoms with Crippen LogP contribution in [0.5, 0.6) is 0 Å². The Morgan fingerprint density at radius 3 is 1.70 bits per heavy atom. The molecule has 1 rings (SSSR count). The van der Waals surface area contributed by atoms with Crippen molar-refractivity contribution in [2.45, 2.75) is 110 Å². The third kappa shape index (κ3) is 5.02. The maximum atomic E-state index is 7.01. The molecule has 0 saturated heterocycles. The standard InChI is InChI=1S/C18H37N.BrH/c1-4-7-12-17(13-8-5-2)14-10-11-16-18(17,19)15-9-6-3;/h4-16,19H2,1-3H3;1H. The third-order valence-corrected chi connectivity index (χ3v) is 5.58. The quantitative estimate of drug-likeness (QED) is 0.513. The highest BCUT2D eigenvalue weighted by Crippen LogP contribution is 2.51. The molecule has 0 aliphatic heterocycles. The van der Waals surface area contributed by atoms with Gasteiger partial charge in [0.15, 0.2) is 0 Å². The highest BCUT2D eigenvalue weighted by molar-refractivity contribution is 8.93. The van der Waals surface area contributed by atoms with Crippen molar-refractivity contribution in [3.05, 3.63) is 0 Å². The molecule has 1 unspecified atom stereocenters. The van der Waals surface area contributed by atoms with E-state index in [-0.39, 0.29) is 22.5 Å². The summed E-state index contributed by atoms with van der Waals surface area (Å²) in [6.45, 7) is 6.94. The molecule has 1 aliphatic rings. The first-order valence-corrected chi connectivity index (χ1v) is 8.93.